The van der Waals surface area contributed by atoms with Crippen molar-refractivity contribution in [3.63, 3.8) is 0 Å². The third-order valence-electron chi connectivity index (χ3n) is 5.89. The number of benzene rings is 1. The summed E-state index contributed by atoms with van der Waals surface area (Å²) in [7, 11) is 0. The quantitative estimate of drug-likeness (QED) is 0.814. The number of hydrogen-bond acceptors (Lipinski definition) is 4. The summed E-state index contributed by atoms with van der Waals surface area (Å²) in [5.41, 5.74) is 0.000781. The van der Waals surface area contributed by atoms with Gasteiger partial charge in [-0.25, -0.2) is 0 Å². The van der Waals surface area contributed by atoms with Crippen LogP contribution in [0.2, 0.25) is 5.02 Å². The van der Waals surface area contributed by atoms with E-state index in [1.54, 1.807) is 29.2 Å². The number of hydrogen-bond donors (Lipinski definition) is 1. The standard InChI is InChI=1S/C22H32ClN3O3/c1-21(2,3)11-19(28)24-9-10-26-18(12-24)13-25(14-22(26,4)15-27)20(29)16-5-7-17(23)8-6-16/h5-8,18,27H,9-15H2,1-4H3/t18-,22-/m0/s1. The molecule has 2 saturated heterocycles. The Morgan fingerprint density at radius 1 is 1.14 bits per heavy atom. The highest BCUT2D eigenvalue weighted by molar-refractivity contribution is 6.30. The average molecular weight is 422 g/mol. The maximum absolute atomic E-state index is 13.1. The molecule has 0 aliphatic carbocycles. The summed E-state index contributed by atoms with van der Waals surface area (Å²) in [6.07, 6.45) is 0.504. The molecule has 0 unspecified atom stereocenters. The van der Waals surface area contributed by atoms with Crippen molar-refractivity contribution in [2.24, 2.45) is 5.41 Å². The fourth-order valence-corrected chi connectivity index (χ4v) is 4.53. The molecule has 2 aliphatic heterocycles. The number of carbonyl (C=O) groups is 2. The summed E-state index contributed by atoms with van der Waals surface area (Å²) in [5, 5.41) is 10.7. The molecule has 1 aromatic carbocycles. The van der Waals surface area contributed by atoms with Gasteiger partial charge >= 0.3 is 0 Å². The van der Waals surface area contributed by atoms with Gasteiger partial charge in [-0.15, -0.1) is 0 Å². The van der Waals surface area contributed by atoms with Gasteiger partial charge in [-0.05, 0) is 36.6 Å². The lowest BCUT2D eigenvalue weighted by atomic mass is 9.89. The molecule has 0 spiro atoms. The van der Waals surface area contributed by atoms with Crippen LogP contribution in [-0.2, 0) is 4.79 Å². The minimum absolute atomic E-state index is 0.00909. The highest BCUT2D eigenvalue weighted by atomic mass is 35.5. The molecule has 6 nitrogen and oxygen atoms in total. The van der Waals surface area contributed by atoms with Crippen LogP contribution in [0.1, 0.15) is 44.5 Å². The second-order valence-corrected chi connectivity index (χ2v) is 10.2. The second kappa shape index (κ2) is 8.25. The third-order valence-corrected chi connectivity index (χ3v) is 6.14. The van der Waals surface area contributed by atoms with E-state index in [4.69, 9.17) is 11.6 Å². The molecule has 2 atom stereocenters. The lowest BCUT2D eigenvalue weighted by Gasteiger charge is -2.56. The maximum atomic E-state index is 13.1. The predicted molar refractivity (Wildman–Crippen MR) is 114 cm³/mol. The molecule has 0 saturated carbocycles. The Bertz CT molecular complexity index is 762. The Balaban J connectivity index is 1.78. The molecular formula is C22H32ClN3O3. The lowest BCUT2D eigenvalue weighted by molar-refractivity contribution is -0.141. The smallest absolute Gasteiger partial charge is 0.253 e. The summed E-state index contributed by atoms with van der Waals surface area (Å²) in [4.78, 5) is 31.8. The van der Waals surface area contributed by atoms with Gasteiger partial charge in [0.2, 0.25) is 5.91 Å². The van der Waals surface area contributed by atoms with E-state index in [1.165, 1.54) is 0 Å². The van der Waals surface area contributed by atoms with Gasteiger partial charge in [0, 0.05) is 55.8 Å². The SMILES string of the molecule is CC(C)(C)CC(=O)N1CCN2[C@@H](C1)CN(C(=O)c1ccc(Cl)cc1)C[C@@]2(C)CO. The number of carbonyl (C=O) groups excluding carboxylic acids is 2. The van der Waals surface area contributed by atoms with Crippen molar-refractivity contribution in [2.75, 3.05) is 39.3 Å². The molecule has 160 valence electrons. The first-order valence-electron chi connectivity index (χ1n) is 10.2. The van der Waals surface area contributed by atoms with Crippen LogP contribution in [0.25, 0.3) is 0 Å². The van der Waals surface area contributed by atoms with E-state index >= 15 is 0 Å². The van der Waals surface area contributed by atoms with Crippen LogP contribution in [-0.4, -0.2) is 82.5 Å². The van der Waals surface area contributed by atoms with Crippen molar-refractivity contribution < 1.29 is 14.7 Å². The number of fused-ring (bicyclic) bond motifs is 1. The van der Waals surface area contributed by atoms with Crippen molar-refractivity contribution in [2.45, 2.75) is 45.7 Å². The molecule has 0 bridgehead atoms. The zero-order valence-corrected chi connectivity index (χ0v) is 18.6. The maximum Gasteiger partial charge on any atom is 0.253 e. The molecule has 29 heavy (non-hydrogen) atoms. The van der Waals surface area contributed by atoms with Gasteiger partial charge in [-0.1, -0.05) is 32.4 Å². The summed E-state index contributed by atoms with van der Waals surface area (Å²) in [5.74, 6) is 0.0862. The summed E-state index contributed by atoms with van der Waals surface area (Å²) < 4.78 is 0. The average Bonchev–Trinajstić information content (AvgIpc) is 2.66. The number of rotatable bonds is 3. The van der Waals surface area contributed by atoms with E-state index in [2.05, 4.69) is 25.7 Å². The van der Waals surface area contributed by atoms with Crippen LogP contribution in [0.3, 0.4) is 0 Å². The topological polar surface area (TPSA) is 64.1 Å². The van der Waals surface area contributed by atoms with Gasteiger partial charge in [-0.3, -0.25) is 14.5 Å². The van der Waals surface area contributed by atoms with Crippen molar-refractivity contribution in [1.82, 2.24) is 14.7 Å². The van der Waals surface area contributed by atoms with Crippen molar-refractivity contribution >= 4 is 23.4 Å². The minimum Gasteiger partial charge on any atom is -0.394 e. The number of aliphatic hydroxyl groups is 1. The highest BCUT2D eigenvalue weighted by Crippen LogP contribution is 2.30. The zero-order valence-electron chi connectivity index (χ0n) is 17.8. The van der Waals surface area contributed by atoms with Gasteiger partial charge in [0.05, 0.1) is 12.1 Å². The molecule has 7 heteroatoms. The highest BCUT2D eigenvalue weighted by Gasteiger charge is 2.46. The first-order chi connectivity index (χ1) is 13.5. The number of piperazine rings is 2. The molecule has 0 radical (unpaired) electrons. The van der Waals surface area contributed by atoms with E-state index in [9.17, 15) is 14.7 Å². The van der Waals surface area contributed by atoms with E-state index in [-0.39, 0.29) is 29.9 Å². The Hall–Kier alpha value is -1.63. The predicted octanol–water partition coefficient (Wildman–Crippen LogP) is 2.50. The number of aliphatic hydroxyl groups excluding tert-OH is 1. The van der Waals surface area contributed by atoms with Crippen LogP contribution in [0.4, 0.5) is 0 Å². The molecule has 2 heterocycles. The summed E-state index contributed by atoms with van der Waals surface area (Å²) in [6.45, 7) is 11.1. The van der Waals surface area contributed by atoms with Gasteiger partial charge in [0.15, 0.2) is 0 Å². The van der Waals surface area contributed by atoms with Gasteiger partial charge in [0.1, 0.15) is 0 Å². The number of nitrogens with zero attached hydrogens (tertiary/aromatic N) is 3. The minimum atomic E-state index is -0.524. The molecule has 2 aliphatic rings. The van der Waals surface area contributed by atoms with Crippen LogP contribution in [0, 0.1) is 5.41 Å². The molecule has 0 aromatic heterocycles. The van der Waals surface area contributed by atoms with Crippen LogP contribution in [0.5, 0.6) is 0 Å². The Kier molecular flexibility index (Phi) is 6.27. The van der Waals surface area contributed by atoms with Crippen LogP contribution < -0.4 is 0 Å². The molecule has 3 rings (SSSR count). The first-order valence-corrected chi connectivity index (χ1v) is 10.6. The molecule has 2 amide bonds. The molecule has 1 aromatic rings. The zero-order chi connectivity index (χ0) is 21.4. The summed E-state index contributed by atoms with van der Waals surface area (Å²) >= 11 is 5.95. The first kappa shape index (κ1) is 22.1. The number of amides is 2. The second-order valence-electron chi connectivity index (χ2n) is 9.77. The van der Waals surface area contributed by atoms with E-state index in [1.807, 2.05) is 11.8 Å². The van der Waals surface area contributed by atoms with Gasteiger partial charge in [-0.2, -0.15) is 0 Å². The monoisotopic (exact) mass is 421 g/mol. The largest absolute Gasteiger partial charge is 0.394 e. The Morgan fingerprint density at radius 3 is 2.34 bits per heavy atom. The fraction of sp³-hybridized carbons (Fsp3) is 0.636. The van der Waals surface area contributed by atoms with Crippen molar-refractivity contribution in [3.8, 4) is 0 Å². The molecule has 1 N–H and O–H groups in total. The number of halogens is 1. The van der Waals surface area contributed by atoms with E-state index < -0.39 is 5.54 Å². The Labute approximate surface area is 178 Å². The summed E-state index contributed by atoms with van der Waals surface area (Å²) in [6, 6.07) is 6.89. The van der Waals surface area contributed by atoms with Crippen molar-refractivity contribution in [1.29, 1.82) is 0 Å². The van der Waals surface area contributed by atoms with E-state index in [0.29, 0.717) is 49.7 Å². The molecular weight excluding hydrogens is 390 g/mol. The lowest BCUT2D eigenvalue weighted by Crippen LogP contribution is -2.72. The van der Waals surface area contributed by atoms with E-state index in [0.717, 1.165) is 0 Å². The van der Waals surface area contributed by atoms with Gasteiger partial charge in [0.25, 0.3) is 5.91 Å². The normalized spacial score (nSPS) is 25.7. The molecule has 2 fully saturated rings. The van der Waals surface area contributed by atoms with Crippen LogP contribution in [0.15, 0.2) is 24.3 Å². The van der Waals surface area contributed by atoms with Crippen molar-refractivity contribution in [3.05, 3.63) is 34.9 Å². The van der Waals surface area contributed by atoms with Crippen LogP contribution >= 0.6 is 11.6 Å². The fourth-order valence-electron chi connectivity index (χ4n) is 4.41. The van der Waals surface area contributed by atoms with Gasteiger partial charge < -0.3 is 14.9 Å². The Morgan fingerprint density at radius 2 is 1.76 bits per heavy atom. The third kappa shape index (κ3) is 4.93.